The molecule has 1 unspecified atom stereocenters. The molecule has 1 saturated heterocycles. The van der Waals surface area contributed by atoms with Crippen LogP contribution in [0.2, 0.25) is 0 Å². The first-order valence-corrected chi connectivity index (χ1v) is 5.19. The zero-order valence-electron chi connectivity index (χ0n) is 6.27. The van der Waals surface area contributed by atoms with Gasteiger partial charge < -0.3 is 4.74 Å². The van der Waals surface area contributed by atoms with Gasteiger partial charge in [-0.2, -0.15) is 10.9 Å². The van der Waals surface area contributed by atoms with Crippen molar-refractivity contribution in [1.29, 1.82) is 0 Å². The molecule has 2 heterocycles. The van der Waals surface area contributed by atoms with E-state index in [1.807, 2.05) is 23.0 Å². The van der Waals surface area contributed by atoms with Crippen LogP contribution < -0.4 is 0 Å². The molecule has 0 aromatic carbocycles. The van der Waals surface area contributed by atoms with E-state index in [9.17, 15) is 9.59 Å². The minimum atomic E-state index is -0.569. The fourth-order valence-corrected chi connectivity index (χ4v) is 3.01. The number of thiol groups is 1. The van der Waals surface area contributed by atoms with Gasteiger partial charge in [-0.25, -0.2) is 0 Å². The lowest BCUT2D eigenvalue weighted by molar-refractivity contribution is -0.151. The number of hydrogen-bond donors (Lipinski definition) is 1. The van der Waals surface area contributed by atoms with Crippen LogP contribution in [0, 0.1) is 0 Å². The van der Waals surface area contributed by atoms with Gasteiger partial charge in [0.15, 0.2) is 0 Å². The lowest BCUT2D eigenvalue weighted by Gasteiger charge is -2.12. The number of carbonyl (C=O) groups excluding carboxylic acids is 2. The van der Waals surface area contributed by atoms with Gasteiger partial charge in [0.05, 0.1) is 6.42 Å². The molecule has 0 aromatic rings. The van der Waals surface area contributed by atoms with Crippen molar-refractivity contribution in [2.24, 2.45) is 0 Å². The first-order chi connectivity index (χ1) is 5.77. The van der Waals surface area contributed by atoms with E-state index in [1.54, 1.807) is 0 Å². The fourth-order valence-electron chi connectivity index (χ4n) is 1.25. The number of rotatable bonds is 1. The third-order valence-corrected chi connectivity index (χ3v) is 3.98. The summed E-state index contributed by atoms with van der Waals surface area (Å²) in [5, 5.41) is 3.72. The fraction of sp³-hybridized carbons (Fsp3) is 0.250. The molecule has 2 aliphatic heterocycles. The molecular weight excluding hydrogens is 176 g/mol. The molecule has 0 amide bonds. The Hall–Kier alpha value is -1.03. The normalized spacial score (nSPS) is 30.0. The van der Waals surface area contributed by atoms with Crippen molar-refractivity contribution < 1.29 is 14.3 Å². The Morgan fingerprint density at radius 1 is 1.33 bits per heavy atom. The summed E-state index contributed by atoms with van der Waals surface area (Å²) >= 11 is 0. The minimum Gasteiger partial charge on any atom is -0.392 e. The molecule has 0 aromatic heterocycles. The molecule has 1 atom stereocenters. The molecule has 0 saturated carbocycles. The second-order valence-corrected chi connectivity index (χ2v) is 4.76. The van der Waals surface area contributed by atoms with Crippen molar-refractivity contribution in [2.45, 2.75) is 11.7 Å². The highest BCUT2D eigenvalue weighted by Crippen LogP contribution is 2.42. The van der Waals surface area contributed by atoms with Crippen LogP contribution >= 0.6 is 10.9 Å². The van der Waals surface area contributed by atoms with Gasteiger partial charge >= 0.3 is 11.9 Å². The molecule has 64 valence electrons. The third kappa shape index (κ3) is 1.18. The Balaban J connectivity index is 2.14. The van der Waals surface area contributed by atoms with Crippen LogP contribution in [0.5, 0.6) is 0 Å². The molecule has 4 heteroatoms. The van der Waals surface area contributed by atoms with Crippen LogP contribution in [0.1, 0.15) is 6.42 Å². The molecule has 12 heavy (non-hydrogen) atoms. The first kappa shape index (κ1) is 7.61. The summed E-state index contributed by atoms with van der Waals surface area (Å²) in [6, 6.07) is 0. The Bertz CT molecular complexity index is 281. The highest BCUT2D eigenvalue weighted by molar-refractivity contribution is 8.23. The van der Waals surface area contributed by atoms with Crippen molar-refractivity contribution in [3.8, 4) is 0 Å². The molecule has 0 bridgehead atoms. The average molecular weight is 184 g/mol. The number of ether oxygens (including phenoxy) is 1. The second kappa shape index (κ2) is 2.79. The van der Waals surface area contributed by atoms with Crippen molar-refractivity contribution in [2.75, 3.05) is 0 Å². The van der Waals surface area contributed by atoms with E-state index < -0.39 is 10.9 Å². The lowest BCUT2D eigenvalue weighted by Crippen LogP contribution is -2.11. The molecule has 2 aliphatic rings. The van der Waals surface area contributed by atoms with Gasteiger partial charge in [0.1, 0.15) is 5.25 Å². The predicted molar refractivity (Wildman–Crippen MR) is 46.8 cm³/mol. The predicted octanol–water partition coefficient (Wildman–Crippen LogP) is 0.871. The number of hydrogen-bond acceptors (Lipinski definition) is 3. The third-order valence-electron chi connectivity index (χ3n) is 1.83. The maximum Gasteiger partial charge on any atom is 0.326 e. The summed E-state index contributed by atoms with van der Waals surface area (Å²) in [4.78, 5) is 21.8. The Morgan fingerprint density at radius 3 is 2.50 bits per heavy atom. The van der Waals surface area contributed by atoms with Gasteiger partial charge in [0.25, 0.3) is 0 Å². The lowest BCUT2D eigenvalue weighted by atomic mass is 10.4. The highest BCUT2D eigenvalue weighted by atomic mass is 32.2. The first-order valence-electron chi connectivity index (χ1n) is 3.64. The van der Waals surface area contributed by atoms with Gasteiger partial charge in [-0.3, -0.25) is 9.59 Å². The molecule has 0 radical (unpaired) electrons. The summed E-state index contributed by atoms with van der Waals surface area (Å²) in [6.45, 7) is 0. The standard InChI is InChI=1S/C8H8O3S/c9-7-5-6(8(10)11-7)12-3-1-2-4-12/h1-4,6,12H,5H2. The van der Waals surface area contributed by atoms with Gasteiger partial charge in [-0.15, -0.1) is 0 Å². The van der Waals surface area contributed by atoms with Crippen LogP contribution in [-0.2, 0) is 14.3 Å². The van der Waals surface area contributed by atoms with Crippen LogP contribution in [0.4, 0.5) is 0 Å². The van der Waals surface area contributed by atoms with E-state index in [0.29, 0.717) is 0 Å². The van der Waals surface area contributed by atoms with Gasteiger partial charge in [0, 0.05) is 0 Å². The Morgan fingerprint density at radius 2 is 2.00 bits per heavy atom. The summed E-state index contributed by atoms with van der Waals surface area (Å²) in [5.74, 6) is -0.747. The van der Waals surface area contributed by atoms with Gasteiger partial charge in [-0.05, 0) is 10.8 Å². The molecule has 0 N–H and O–H groups in total. The van der Waals surface area contributed by atoms with Crippen LogP contribution in [0.3, 0.4) is 0 Å². The number of esters is 2. The van der Waals surface area contributed by atoms with E-state index in [2.05, 4.69) is 4.74 Å². The van der Waals surface area contributed by atoms with Crippen molar-refractivity contribution >= 4 is 22.8 Å². The second-order valence-electron chi connectivity index (χ2n) is 2.64. The summed E-state index contributed by atoms with van der Waals surface area (Å²) in [7, 11) is -0.569. The summed E-state index contributed by atoms with van der Waals surface area (Å²) < 4.78 is 4.46. The minimum absolute atomic E-state index is 0.220. The smallest absolute Gasteiger partial charge is 0.326 e. The van der Waals surface area contributed by atoms with Crippen molar-refractivity contribution in [3.05, 3.63) is 23.0 Å². The quantitative estimate of drug-likeness (QED) is 0.373. The zero-order valence-corrected chi connectivity index (χ0v) is 7.16. The molecule has 3 nitrogen and oxygen atoms in total. The molecule has 2 rings (SSSR count). The summed E-state index contributed by atoms with van der Waals surface area (Å²) in [5.41, 5.74) is 0. The van der Waals surface area contributed by atoms with Gasteiger partial charge in [0.2, 0.25) is 0 Å². The van der Waals surface area contributed by atoms with E-state index in [0.717, 1.165) is 0 Å². The molecule has 0 spiro atoms. The molecule has 1 fully saturated rings. The Kier molecular flexibility index (Phi) is 1.77. The average Bonchev–Trinajstić information content (AvgIpc) is 2.58. The van der Waals surface area contributed by atoms with Crippen LogP contribution in [0.15, 0.2) is 23.0 Å². The van der Waals surface area contributed by atoms with Crippen LogP contribution in [0.25, 0.3) is 0 Å². The summed E-state index contributed by atoms with van der Waals surface area (Å²) in [6.07, 6.45) is 4.06. The van der Waals surface area contributed by atoms with E-state index in [1.165, 1.54) is 0 Å². The monoisotopic (exact) mass is 184 g/mol. The largest absolute Gasteiger partial charge is 0.392 e. The maximum atomic E-state index is 11.1. The van der Waals surface area contributed by atoms with Crippen molar-refractivity contribution in [1.82, 2.24) is 0 Å². The van der Waals surface area contributed by atoms with E-state index in [-0.39, 0.29) is 23.6 Å². The number of carbonyl (C=O) groups is 2. The van der Waals surface area contributed by atoms with E-state index in [4.69, 9.17) is 0 Å². The van der Waals surface area contributed by atoms with E-state index >= 15 is 0 Å². The number of allylic oxidation sites excluding steroid dienone is 2. The Labute approximate surface area is 72.4 Å². The molecule has 0 aliphatic carbocycles. The highest BCUT2D eigenvalue weighted by Gasteiger charge is 2.36. The number of cyclic esters (lactones) is 2. The molecular formula is C8H8O3S. The maximum absolute atomic E-state index is 11.1. The topological polar surface area (TPSA) is 43.4 Å². The van der Waals surface area contributed by atoms with Gasteiger partial charge in [-0.1, -0.05) is 12.2 Å². The zero-order chi connectivity index (χ0) is 8.55. The van der Waals surface area contributed by atoms with Crippen molar-refractivity contribution in [3.63, 3.8) is 0 Å². The SMILES string of the molecule is O=C1CC([SH]2C=CC=C2)C(=O)O1. The van der Waals surface area contributed by atoms with Crippen LogP contribution in [-0.4, -0.2) is 17.2 Å².